The minimum absolute atomic E-state index is 0.0228. The molecule has 1 aliphatic rings. The van der Waals surface area contributed by atoms with E-state index < -0.39 is 12.0 Å². The van der Waals surface area contributed by atoms with Crippen molar-refractivity contribution in [3.63, 3.8) is 0 Å². The fourth-order valence-corrected chi connectivity index (χ4v) is 2.19. The third-order valence-corrected chi connectivity index (χ3v) is 3.20. The molecule has 1 saturated heterocycles. The molecule has 2 unspecified atom stereocenters. The van der Waals surface area contributed by atoms with E-state index in [4.69, 9.17) is 5.11 Å². The van der Waals surface area contributed by atoms with E-state index >= 15 is 0 Å². The highest BCUT2D eigenvalue weighted by Gasteiger charge is 2.29. The number of rotatable bonds is 4. The van der Waals surface area contributed by atoms with Gasteiger partial charge in [0, 0.05) is 19.0 Å². The van der Waals surface area contributed by atoms with E-state index in [1.54, 1.807) is 7.05 Å². The highest BCUT2D eigenvalue weighted by molar-refractivity contribution is 5.77. The summed E-state index contributed by atoms with van der Waals surface area (Å²) >= 11 is 0. The first-order valence-corrected chi connectivity index (χ1v) is 5.77. The topological polar surface area (TPSA) is 69.6 Å². The van der Waals surface area contributed by atoms with Gasteiger partial charge < -0.3 is 10.4 Å². The highest BCUT2D eigenvalue weighted by atomic mass is 16.4. The van der Waals surface area contributed by atoms with E-state index in [9.17, 15) is 9.59 Å². The average Bonchev–Trinajstić information content (AvgIpc) is 2.43. The van der Waals surface area contributed by atoms with Gasteiger partial charge in [-0.3, -0.25) is 14.5 Å². The molecule has 1 fully saturated rings. The predicted molar refractivity (Wildman–Crippen MR) is 60.1 cm³/mol. The van der Waals surface area contributed by atoms with Crippen LogP contribution < -0.4 is 5.32 Å². The van der Waals surface area contributed by atoms with Crippen LogP contribution in [0.5, 0.6) is 0 Å². The van der Waals surface area contributed by atoms with Crippen LogP contribution in [0, 0.1) is 0 Å². The second-order valence-electron chi connectivity index (χ2n) is 4.28. The third kappa shape index (κ3) is 3.20. The number of hydrogen-bond donors (Lipinski definition) is 2. The SMILES string of the molecule is CCC(C(=O)O)N(C)C1CCCNC(=O)C1. The van der Waals surface area contributed by atoms with Crippen molar-refractivity contribution in [3.8, 4) is 0 Å². The molecular weight excluding hydrogens is 208 g/mol. The Balaban J connectivity index is 2.66. The Hall–Kier alpha value is -1.10. The number of amides is 1. The van der Waals surface area contributed by atoms with E-state index in [-0.39, 0.29) is 11.9 Å². The van der Waals surface area contributed by atoms with E-state index in [0.29, 0.717) is 19.4 Å². The zero-order chi connectivity index (χ0) is 12.1. The summed E-state index contributed by atoms with van der Waals surface area (Å²) in [5.74, 6) is -0.788. The van der Waals surface area contributed by atoms with Gasteiger partial charge in [-0.1, -0.05) is 6.92 Å². The van der Waals surface area contributed by atoms with Crippen LogP contribution in [-0.2, 0) is 9.59 Å². The van der Waals surface area contributed by atoms with Crippen LogP contribution in [0.15, 0.2) is 0 Å². The molecule has 0 aromatic carbocycles. The Labute approximate surface area is 95.8 Å². The number of hydrogen-bond acceptors (Lipinski definition) is 3. The van der Waals surface area contributed by atoms with Crippen molar-refractivity contribution in [1.29, 1.82) is 0 Å². The van der Waals surface area contributed by atoms with Crippen LogP contribution in [0.4, 0.5) is 0 Å². The lowest BCUT2D eigenvalue weighted by molar-refractivity contribution is -0.144. The lowest BCUT2D eigenvalue weighted by Gasteiger charge is -2.31. The first-order chi connectivity index (χ1) is 7.56. The number of carboxylic acids is 1. The van der Waals surface area contributed by atoms with Crippen molar-refractivity contribution >= 4 is 11.9 Å². The van der Waals surface area contributed by atoms with Crippen LogP contribution in [0.25, 0.3) is 0 Å². The standard InChI is InChI=1S/C11H20N2O3/c1-3-9(11(15)16)13(2)8-5-4-6-12-10(14)7-8/h8-9H,3-7H2,1-2H3,(H,12,14)(H,15,16). The highest BCUT2D eigenvalue weighted by Crippen LogP contribution is 2.16. The van der Waals surface area contributed by atoms with Crippen molar-refractivity contribution in [2.24, 2.45) is 0 Å². The zero-order valence-electron chi connectivity index (χ0n) is 9.90. The summed E-state index contributed by atoms with van der Waals surface area (Å²) in [6.45, 7) is 2.55. The number of carboxylic acid groups (broad SMARTS) is 1. The first kappa shape index (κ1) is 13.0. The summed E-state index contributed by atoms with van der Waals surface area (Å²) in [6.07, 6.45) is 2.75. The van der Waals surface area contributed by atoms with Crippen molar-refractivity contribution in [1.82, 2.24) is 10.2 Å². The van der Waals surface area contributed by atoms with E-state index in [2.05, 4.69) is 5.32 Å². The van der Waals surface area contributed by atoms with Crippen molar-refractivity contribution < 1.29 is 14.7 Å². The first-order valence-electron chi connectivity index (χ1n) is 5.77. The zero-order valence-corrected chi connectivity index (χ0v) is 9.90. The Kier molecular flexibility index (Phi) is 4.73. The maximum atomic E-state index is 11.4. The average molecular weight is 228 g/mol. The molecule has 2 atom stereocenters. The largest absolute Gasteiger partial charge is 0.480 e. The number of nitrogens with zero attached hydrogens (tertiary/aromatic N) is 1. The van der Waals surface area contributed by atoms with Crippen molar-refractivity contribution in [3.05, 3.63) is 0 Å². The molecule has 0 bridgehead atoms. The summed E-state index contributed by atoms with van der Waals surface area (Å²) in [5, 5.41) is 11.9. The molecule has 2 N–H and O–H groups in total. The Morgan fingerprint density at radius 2 is 2.38 bits per heavy atom. The van der Waals surface area contributed by atoms with Crippen molar-refractivity contribution in [2.45, 2.75) is 44.7 Å². The molecule has 0 saturated carbocycles. The second kappa shape index (κ2) is 5.84. The molecule has 1 heterocycles. The summed E-state index contributed by atoms with van der Waals surface area (Å²) in [7, 11) is 1.80. The second-order valence-corrected chi connectivity index (χ2v) is 4.28. The van der Waals surface area contributed by atoms with Gasteiger partial charge in [0.1, 0.15) is 6.04 Å². The van der Waals surface area contributed by atoms with Gasteiger partial charge in [-0.05, 0) is 26.3 Å². The Morgan fingerprint density at radius 3 is 2.94 bits per heavy atom. The summed E-state index contributed by atoms with van der Waals surface area (Å²) in [5.41, 5.74) is 0. The van der Waals surface area contributed by atoms with Gasteiger partial charge in [-0.25, -0.2) is 0 Å². The number of carbonyl (C=O) groups is 2. The number of likely N-dealkylation sites (N-methyl/N-ethyl adjacent to an activating group) is 1. The van der Waals surface area contributed by atoms with Crippen LogP contribution in [0.1, 0.15) is 32.6 Å². The molecule has 1 rings (SSSR count). The number of aliphatic carboxylic acids is 1. The maximum absolute atomic E-state index is 11.4. The third-order valence-electron chi connectivity index (χ3n) is 3.20. The molecule has 92 valence electrons. The van der Waals surface area contributed by atoms with Crippen LogP contribution >= 0.6 is 0 Å². The van der Waals surface area contributed by atoms with E-state index in [0.717, 1.165) is 12.8 Å². The molecule has 0 spiro atoms. The molecule has 0 aliphatic carbocycles. The molecule has 16 heavy (non-hydrogen) atoms. The van der Waals surface area contributed by atoms with E-state index in [1.807, 2.05) is 11.8 Å². The van der Waals surface area contributed by atoms with Gasteiger partial charge >= 0.3 is 5.97 Å². The maximum Gasteiger partial charge on any atom is 0.320 e. The van der Waals surface area contributed by atoms with Crippen molar-refractivity contribution in [2.75, 3.05) is 13.6 Å². The van der Waals surface area contributed by atoms with Gasteiger partial charge in [-0.15, -0.1) is 0 Å². The molecule has 0 radical (unpaired) electrons. The van der Waals surface area contributed by atoms with Crippen LogP contribution in [0.3, 0.4) is 0 Å². The molecule has 5 nitrogen and oxygen atoms in total. The minimum Gasteiger partial charge on any atom is -0.480 e. The smallest absolute Gasteiger partial charge is 0.320 e. The van der Waals surface area contributed by atoms with Crippen LogP contribution in [0.2, 0.25) is 0 Å². The summed E-state index contributed by atoms with van der Waals surface area (Å²) < 4.78 is 0. The molecule has 5 heteroatoms. The Bertz CT molecular complexity index is 266. The normalized spacial score (nSPS) is 23.7. The molecule has 0 aromatic rings. The number of carbonyl (C=O) groups excluding carboxylic acids is 1. The lowest BCUT2D eigenvalue weighted by atomic mass is 10.0. The lowest BCUT2D eigenvalue weighted by Crippen LogP contribution is -2.45. The minimum atomic E-state index is -0.811. The van der Waals surface area contributed by atoms with Gasteiger partial charge in [0.15, 0.2) is 0 Å². The van der Waals surface area contributed by atoms with Gasteiger partial charge in [0.25, 0.3) is 0 Å². The van der Waals surface area contributed by atoms with Gasteiger partial charge in [0.2, 0.25) is 5.91 Å². The monoisotopic (exact) mass is 228 g/mol. The molecule has 0 aromatic heterocycles. The molecule has 1 aliphatic heterocycles. The molecular formula is C11H20N2O3. The van der Waals surface area contributed by atoms with Gasteiger partial charge in [-0.2, -0.15) is 0 Å². The van der Waals surface area contributed by atoms with E-state index in [1.165, 1.54) is 0 Å². The summed E-state index contributed by atoms with van der Waals surface area (Å²) in [6, 6.07) is -0.445. The fraction of sp³-hybridized carbons (Fsp3) is 0.818. The van der Waals surface area contributed by atoms with Gasteiger partial charge in [0.05, 0.1) is 0 Å². The predicted octanol–water partition coefficient (Wildman–Crippen LogP) is 0.450. The molecule has 1 amide bonds. The Morgan fingerprint density at radius 1 is 1.69 bits per heavy atom. The van der Waals surface area contributed by atoms with Crippen LogP contribution in [-0.4, -0.2) is 47.6 Å². The number of nitrogens with one attached hydrogen (secondary N) is 1. The fourth-order valence-electron chi connectivity index (χ4n) is 2.19. The summed E-state index contributed by atoms with van der Waals surface area (Å²) in [4.78, 5) is 24.3. The quantitative estimate of drug-likeness (QED) is 0.733.